The van der Waals surface area contributed by atoms with E-state index in [2.05, 4.69) is 10.2 Å². The molecular formula is C17H25FN2O2. The summed E-state index contributed by atoms with van der Waals surface area (Å²) in [5.74, 6) is 1.49. The first-order valence-corrected chi connectivity index (χ1v) is 8.09. The molecule has 1 aromatic rings. The average Bonchev–Trinajstić information content (AvgIpc) is 2.52. The van der Waals surface area contributed by atoms with Gasteiger partial charge in [-0.2, -0.15) is 0 Å². The minimum absolute atomic E-state index is 0.528. The summed E-state index contributed by atoms with van der Waals surface area (Å²) in [5, 5.41) is 3.36. The van der Waals surface area contributed by atoms with Crippen molar-refractivity contribution < 1.29 is 13.9 Å². The maximum absolute atomic E-state index is 14.4. The second-order valence-corrected chi connectivity index (χ2v) is 6.47. The Hall–Kier alpha value is -1.33. The van der Waals surface area contributed by atoms with Crippen LogP contribution in [-0.4, -0.2) is 50.8 Å². The van der Waals surface area contributed by atoms with E-state index in [4.69, 9.17) is 9.47 Å². The quantitative estimate of drug-likeness (QED) is 0.924. The van der Waals surface area contributed by atoms with Gasteiger partial charge in [-0.15, -0.1) is 0 Å². The van der Waals surface area contributed by atoms with Gasteiger partial charge in [0.15, 0.2) is 11.5 Å². The Morgan fingerprint density at radius 3 is 2.64 bits per heavy atom. The molecule has 1 fully saturated rings. The second-order valence-electron chi connectivity index (χ2n) is 6.47. The number of alkyl halides is 1. The molecular weight excluding hydrogens is 283 g/mol. The first kappa shape index (κ1) is 15.6. The van der Waals surface area contributed by atoms with Crippen LogP contribution in [0.4, 0.5) is 4.39 Å². The lowest BCUT2D eigenvalue weighted by molar-refractivity contribution is 0.166. The zero-order valence-corrected chi connectivity index (χ0v) is 13.5. The number of fused-ring (bicyclic) bond motifs is 1. The van der Waals surface area contributed by atoms with E-state index in [1.54, 1.807) is 19.9 Å². The van der Waals surface area contributed by atoms with Gasteiger partial charge in [-0.25, -0.2) is 4.39 Å². The van der Waals surface area contributed by atoms with Crippen LogP contribution >= 0.6 is 0 Å². The zero-order valence-electron chi connectivity index (χ0n) is 13.5. The first-order chi connectivity index (χ1) is 10.5. The topological polar surface area (TPSA) is 33.7 Å². The molecule has 122 valence electrons. The SMILES string of the molecule is CC(C)(F)c1cc(CCN2CCNCC2)c2c(c1)OCCO2. The highest BCUT2D eigenvalue weighted by atomic mass is 19.1. The van der Waals surface area contributed by atoms with Crippen molar-refractivity contribution >= 4 is 0 Å². The highest BCUT2D eigenvalue weighted by Crippen LogP contribution is 2.39. The van der Waals surface area contributed by atoms with E-state index >= 15 is 0 Å². The number of nitrogens with one attached hydrogen (secondary N) is 1. The Morgan fingerprint density at radius 1 is 1.18 bits per heavy atom. The van der Waals surface area contributed by atoms with E-state index < -0.39 is 5.67 Å². The van der Waals surface area contributed by atoms with Crippen LogP contribution in [0.5, 0.6) is 11.5 Å². The number of hydrogen-bond donors (Lipinski definition) is 1. The predicted molar refractivity (Wildman–Crippen MR) is 84.6 cm³/mol. The number of halogens is 1. The van der Waals surface area contributed by atoms with Gasteiger partial charge in [-0.1, -0.05) is 0 Å². The summed E-state index contributed by atoms with van der Waals surface area (Å²) < 4.78 is 25.8. The molecule has 0 saturated carbocycles. The first-order valence-electron chi connectivity index (χ1n) is 8.09. The van der Waals surface area contributed by atoms with Gasteiger partial charge in [0, 0.05) is 32.7 Å². The maximum Gasteiger partial charge on any atom is 0.164 e. The molecule has 5 heteroatoms. The van der Waals surface area contributed by atoms with Crippen LogP contribution in [0.1, 0.15) is 25.0 Å². The monoisotopic (exact) mass is 308 g/mol. The molecule has 0 aliphatic carbocycles. The van der Waals surface area contributed by atoms with Gasteiger partial charge in [0.05, 0.1) is 0 Å². The summed E-state index contributed by atoms with van der Waals surface area (Å²) in [6.45, 7) is 9.42. The summed E-state index contributed by atoms with van der Waals surface area (Å²) in [4.78, 5) is 2.43. The lowest BCUT2D eigenvalue weighted by Gasteiger charge is -2.29. The van der Waals surface area contributed by atoms with Crippen LogP contribution < -0.4 is 14.8 Å². The van der Waals surface area contributed by atoms with Crippen molar-refractivity contribution in [3.8, 4) is 11.5 Å². The van der Waals surface area contributed by atoms with Crippen LogP contribution in [0.3, 0.4) is 0 Å². The predicted octanol–water partition coefficient (Wildman–Crippen LogP) is 2.11. The Morgan fingerprint density at radius 2 is 1.91 bits per heavy atom. The number of benzene rings is 1. The Bertz CT molecular complexity index is 522. The van der Waals surface area contributed by atoms with Gasteiger partial charge in [-0.05, 0) is 43.5 Å². The number of piperazine rings is 1. The molecule has 0 unspecified atom stereocenters. The molecule has 2 heterocycles. The Balaban J connectivity index is 1.81. The van der Waals surface area contributed by atoms with E-state index in [0.717, 1.165) is 50.5 Å². The number of nitrogens with zero attached hydrogens (tertiary/aromatic N) is 1. The molecule has 3 rings (SSSR count). The summed E-state index contributed by atoms with van der Waals surface area (Å²) >= 11 is 0. The van der Waals surface area contributed by atoms with E-state index in [0.29, 0.717) is 24.5 Å². The second kappa shape index (κ2) is 6.42. The van der Waals surface area contributed by atoms with Crippen LogP contribution in [0.15, 0.2) is 12.1 Å². The van der Waals surface area contributed by atoms with Crippen LogP contribution in [0.2, 0.25) is 0 Å². The zero-order chi connectivity index (χ0) is 15.6. The van der Waals surface area contributed by atoms with Gasteiger partial charge >= 0.3 is 0 Å². The van der Waals surface area contributed by atoms with Gasteiger partial charge in [-0.3, -0.25) is 0 Å². The van der Waals surface area contributed by atoms with Crippen molar-refractivity contribution in [1.29, 1.82) is 0 Å². The van der Waals surface area contributed by atoms with Gasteiger partial charge in [0.25, 0.3) is 0 Å². The largest absolute Gasteiger partial charge is 0.486 e. The molecule has 1 aromatic carbocycles. The van der Waals surface area contributed by atoms with E-state index in [1.807, 2.05) is 6.07 Å². The third kappa shape index (κ3) is 3.52. The summed E-state index contributed by atoms with van der Waals surface area (Å²) in [6.07, 6.45) is 0.857. The lowest BCUT2D eigenvalue weighted by atomic mass is 9.95. The van der Waals surface area contributed by atoms with Crippen LogP contribution in [-0.2, 0) is 12.1 Å². The van der Waals surface area contributed by atoms with Crippen molar-refractivity contribution in [1.82, 2.24) is 10.2 Å². The van der Waals surface area contributed by atoms with Crippen LogP contribution in [0.25, 0.3) is 0 Å². The van der Waals surface area contributed by atoms with Gasteiger partial charge < -0.3 is 19.7 Å². The molecule has 4 nitrogen and oxygen atoms in total. The van der Waals surface area contributed by atoms with Crippen molar-refractivity contribution in [2.45, 2.75) is 25.9 Å². The number of ether oxygens (including phenoxy) is 2. The molecule has 1 N–H and O–H groups in total. The standard InChI is InChI=1S/C17H25FN2O2/c1-17(2,18)14-11-13(3-6-20-7-4-19-5-8-20)16-15(12-14)21-9-10-22-16/h11-12,19H,3-10H2,1-2H3. The van der Waals surface area contributed by atoms with E-state index in [-0.39, 0.29) is 0 Å². The fraction of sp³-hybridized carbons (Fsp3) is 0.647. The molecule has 0 amide bonds. The fourth-order valence-corrected chi connectivity index (χ4v) is 2.97. The highest BCUT2D eigenvalue weighted by Gasteiger charge is 2.25. The van der Waals surface area contributed by atoms with Crippen LogP contribution in [0, 0.1) is 0 Å². The van der Waals surface area contributed by atoms with E-state index in [1.165, 1.54) is 0 Å². The molecule has 1 saturated heterocycles. The van der Waals surface area contributed by atoms with Crippen molar-refractivity contribution in [2.75, 3.05) is 45.9 Å². The summed E-state index contributed by atoms with van der Waals surface area (Å²) in [5.41, 5.74) is 0.336. The molecule has 0 atom stereocenters. The fourth-order valence-electron chi connectivity index (χ4n) is 2.97. The van der Waals surface area contributed by atoms with Gasteiger partial charge in [0.2, 0.25) is 0 Å². The smallest absolute Gasteiger partial charge is 0.164 e. The van der Waals surface area contributed by atoms with Crippen molar-refractivity contribution in [3.63, 3.8) is 0 Å². The molecule has 0 aromatic heterocycles. The molecule has 0 radical (unpaired) electrons. The number of hydrogen-bond acceptors (Lipinski definition) is 4. The normalized spacial score (nSPS) is 19.2. The van der Waals surface area contributed by atoms with Gasteiger partial charge in [0.1, 0.15) is 18.9 Å². The minimum atomic E-state index is -1.38. The molecule has 22 heavy (non-hydrogen) atoms. The summed E-state index contributed by atoms with van der Waals surface area (Å²) in [6, 6.07) is 3.72. The minimum Gasteiger partial charge on any atom is -0.486 e. The average molecular weight is 308 g/mol. The Kier molecular flexibility index (Phi) is 4.54. The third-order valence-corrected chi connectivity index (χ3v) is 4.31. The van der Waals surface area contributed by atoms with Crippen molar-refractivity contribution in [2.24, 2.45) is 0 Å². The van der Waals surface area contributed by atoms with E-state index in [9.17, 15) is 4.39 Å². The number of rotatable bonds is 4. The molecule has 2 aliphatic heterocycles. The van der Waals surface area contributed by atoms with Crippen molar-refractivity contribution in [3.05, 3.63) is 23.3 Å². The lowest BCUT2D eigenvalue weighted by Crippen LogP contribution is -2.44. The summed E-state index contributed by atoms with van der Waals surface area (Å²) in [7, 11) is 0. The third-order valence-electron chi connectivity index (χ3n) is 4.31. The maximum atomic E-state index is 14.4. The highest BCUT2D eigenvalue weighted by molar-refractivity contribution is 5.51. The molecule has 0 spiro atoms. The molecule has 0 bridgehead atoms. The Labute approximate surface area is 131 Å². The molecule has 2 aliphatic rings.